The Morgan fingerprint density at radius 2 is 1.91 bits per heavy atom. The van der Waals surface area contributed by atoms with Crippen LogP contribution in [-0.4, -0.2) is 43.5 Å². The lowest BCUT2D eigenvalue weighted by molar-refractivity contribution is -0.123. The summed E-state index contributed by atoms with van der Waals surface area (Å²) >= 11 is 35.9. The molecule has 1 saturated carbocycles. The molecule has 2 aliphatic heterocycles. The van der Waals surface area contributed by atoms with Crippen LogP contribution in [0.1, 0.15) is 31.9 Å². The molecule has 12 heteroatoms. The van der Waals surface area contributed by atoms with Crippen LogP contribution in [0, 0.1) is 23.2 Å². The van der Waals surface area contributed by atoms with Gasteiger partial charge < -0.3 is 20.1 Å². The lowest BCUT2D eigenvalue weighted by Gasteiger charge is -2.44. The second-order valence-corrected chi connectivity index (χ2v) is 13.6. The van der Waals surface area contributed by atoms with Crippen molar-refractivity contribution in [2.45, 2.75) is 42.7 Å². The smallest absolute Gasteiger partial charge is 0.250 e. The first kappa shape index (κ1) is 26.4. The molecule has 34 heavy (non-hydrogen) atoms. The van der Waals surface area contributed by atoms with Crippen molar-refractivity contribution < 1.29 is 4.79 Å². The molecule has 1 aromatic rings. The first-order valence-electron chi connectivity index (χ1n) is 10.9. The van der Waals surface area contributed by atoms with E-state index in [2.05, 4.69) is 10.6 Å². The Balaban J connectivity index is 1.45. The standard InChI is InChI=1S/C22H25Cl5N4O2S/c1-21(2)13(7-15(23)24)17(21)18(33)28-19(22(25,26)27)29-20(34)30-8-11-6-12(10-30)14-4-3-5-16(32)31(14)9-11/h3-5,7,11-13,17,19H,6,8-10H2,1-2H3,(H,28,33)(H,29,34)/t11-,12+,13?,17?,19?/m1/s1. The van der Waals surface area contributed by atoms with Crippen LogP contribution in [0.25, 0.3) is 0 Å². The number of rotatable bonds is 4. The van der Waals surface area contributed by atoms with Gasteiger partial charge >= 0.3 is 0 Å². The van der Waals surface area contributed by atoms with Crippen molar-refractivity contribution >= 4 is 81.2 Å². The van der Waals surface area contributed by atoms with Gasteiger partial charge in [-0.15, -0.1) is 0 Å². The van der Waals surface area contributed by atoms with Crippen LogP contribution in [0.5, 0.6) is 0 Å². The number of amides is 1. The number of hydrogen-bond donors (Lipinski definition) is 2. The third-order valence-electron chi connectivity index (χ3n) is 7.15. The molecule has 1 saturated heterocycles. The quantitative estimate of drug-likeness (QED) is 0.308. The van der Waals surface area contributed by atoms with Crippen molar-refractivity contribution in [1.29, 1.82) is 0 Å². The number of thiocarbonyl (C=S) groups is 1. The Kier molecular flexibility index (Phi) is 7.47. The van der Waals surface area contributed by atoms with Crippen molar-refractivity contribution in [3.05, 3.63) is 44.8 Å². The van der Waals surface area contributed by atoms with Gasteiger partial charge in [0, 0.05) is 37.3 Å². The van der Waals surface area contributed by atoms with E-state index in [9.17, 15) is 9.59 Å². The average molecular weight is 587 g/mol. The molecule has 1 aromatic heterocycles. The molecular formula is C22H25Cl5N4O2S. The van der Waals surface area contributed by atoms with Crippen molar-refractivity contribution in [3.63, 3.8) is 0 Å². The van der Waals surface area contributed by atoms with Gasteiger partial charge in [0.15, 0.2) is 5.11 Å². The van der Waals surface area contributed by atoms with Crippen LogP contribution in [0.15, 0.2) is 33.6 Å². The number of halogens is 5. The maximum absolute atomic E-state index is 13.0. The second-order valence-electron chi connectivity index (χ2n) is 9.82. The number of likely N-dealkylation sites (tertiary alicyclic amines) is 1. The summed E-state index contributed by atoms with van der Waals surface area (Å²) in [5.41, 5.74) is 0.704. The second kappa shape index (κ2) is 9.64. The third kappa shape index (κ3) is 5.35. The summed E-state index contributed by atoms with van der Waals surface area (Å²) in [4.78, 5) is 27.3. The number of alkyl halides is 3. The Hall–Kier alpha value is -0.700. The maximum Gasteiger partial charge on any atom is 0.250 e. The Morgan fingerprint density at radius 1 is 1.21 bits per heavy atom. The van der Waals surface area contributed by atoms with Crippen LogP contribution >= 0.6 is 70.2 Å². The largest absolute Gasteiger partial charge is 0.348 e. The molecule has 1 amide bonds. The number of hydrogen-bond acceptors (Lipinski definition) is 3. The Labute approximate surface area is 228 Å². The van der Waals surface area contributed by atoms with Crippen LogP contribution in [-0.2, 0) is 11.3 Å². The van der Waals surface area contributed by atoms with Crippen LogP contribution < -0.4 is 16.2 Å². The minimum atomic E-state index is -1.85. The molecule has 0 radical (unpaired) electrons. The minimum Gasteiger partial charge on any atom is -0.348 e. The van der Waals surface area contributed by atoms with E-state index >= 15 is 0 Å². The molecule has 2 bridgehead atoms. The van der Waals surface area contributed by atoms with E-state index in [1.54, 1.807) is 18.2 Å². The lowest BCUT2D eigenvalue weighted by Crippen LogP contribution is -2.60. The number of pyridine rings is 1. The topological polar surface area (TPSA) is 66.4 Å². The molecule has 2 N–H and O–H groups in total. The first-order chi connectivity index (χ1) is 15.8. The Morgan fingerprint density at radius 3 is 2.56 bits per heavy atom. The molecule has 5 atom stereocenters. The highest BCUT2D eigenvalue weighted by Crippen LogP contribution is 2.59. The molecule has 2 fully saturated rings. The van der Waals surface area contributed by atoms with Gasteiger partial charge in [-0.1, -0.05) is 77.9 Å². The van der Waals surface area contributed by atoms with Crippen LogP contribution in [0.4, 0.5) is 0 Å². The molecule has 6 nitrogen and oxygen atoms in total. The number of fused-ring (bicyclic) bond motifs is 4. The zero-order valence-corrected chi connectivity index (χ0v) is 23.1. The first-order valence-corrected chi connectivity index (χ1v) is 13.2. The van der Waals surface area contributed by atoms with E-state index in [0.29, 0.717) is 24.7 Å². The van der Waals surface area contributed by atoms with E-state index in [1.165, 1.54) is 0 Å². The summed E-state index contributed by atoms with van der Waals surface area (Å²) in [6.45, 7) is 5.84. The number of piperidine rings is 1. The average Bonchev–Trinajstić information content (AvgIpc) is 3.26. The van der Waals surface area contributed by atoms with Crippen LogP contribution in [0.2, 0.25) is 0 Å². The van der Waals surface area contributed by atoms with Gasteiger partial charge in [0.2, 0.25) is 9.70 Å². The number of nitrogens with zero attached hydrogens (tertiary/aromatic N) is 2. The van der Waals surface area contributed by atoms with Crippen LogP contribution in [0.3, 0.4) is 0 Å². The van der Waals surface area contributed by atoms with Gasteiger partial charge in [0.05, 0.1) is 5.92 Å². The summed E-state index contributed by atoms with van der Waals surface area (Å²) in [6.07, 6.45) is 1.61. The summed E-state index contributed by atoms with van der Waals surface area (Å²) in [6, 6.07) is 5.37. The van der Waals surface area contributed by atoms with E-state index in [1.807, 2.05) is 29.4 Å². The van der Waals surface area contributed by atoms with Gasteiger partial charge in [0.25, 0.3) is 5.56 Å². The lowest BCUT2D eigenvalue weighted by atomic mass is 9.83. The highest BCUT2D eigenvalue weighted by atomic mass is 35.6. The van der Waals surface area contributed by atoms with Gasteiger partial charge in [-0.2, -0.15) is 0 Å². The maximum atomic E-state index is 13.0. The van der Waals surface area contributed by atoms with Gasteiger partial charge in [-0.05, 0) is 48.0 Å². The monoisotopic (exact) mass is 584 g/mol. The fraction of sp³-hybridized carbons (Fsp3) is 0.591. The number of carbonyl (C=O) groups excluding carboxylic acids is 1. The van der Waals surface area contributed by atoms with Gasteiger partial charge in [-0.25, -0.2) is 0 Å². The molecule has 3 heterocycles. The number of nitrogens with one attached hydrogen (secondary N) is 2. The van der Waals surface area contributed by atoms with Crippen molar-refractivity contribution in [3.8, 4) is 0 Å². The molecule has 4 rings (SSSR count). The van der Waals surface area contributed by atoms with E-state index in [-0.39, 0.29) is 45.0 Å². The fourth-order valence-corrected chi connectivity index (χ4v) is 6.20. The predicted molar refractivity (Wildman–Crippen MR) is 142 cm³/mol. The molecule has 0 aromatic carbocycles. The SMILES string of the molecule is CC1(C)C(C=C(Cl)Cl)C1C(=O)NC(NC(=S)N1C[C@H]2C[C@@H](C1)c1cccc(=O)n1C2)C(Cl)(Cl)Cl. The highest BCUT2D eigenvalue weighted by Gasteiger charge is 2.61. The van der Waals surface area contributed by atoms with Crippen molar-refractivity contribution in [2.24, 2.45) is 23.2 Å². The number of carbonyl (C=O) groups is 1. The molecule has 186 valence electrons. The summed E-state index contributed by atoms with van der Waals surface area (Å²) in [7, 11) is 0. The predicted octanol–water partition coefficient (Wildman–Crippen LogP) is 4.55. The van der Waals surface area contributed by atoms with E-state index in [4.69, 9.17) is 70.2 Å². The molecule has 3 unspecified atom stereocenters. The zero-order valence-electron chi connectivity index (χ0n) is 18.5. The van der Waals surface area contributed by atoms with Crippen molar-refractivity contribution in [1.82, 2.24) is 20.1 Å². The van der Waals surface area contributed by atoms with Gasteiger partial charge in [-0.3, -0.25) is 9.59 Å². The summed E-state index contributed by atoms with van der Waals surface area (Å²) in [5.74, 6) is -0.329. The van der Waals surface area contributed by atoms with Crippen molar-refractivity contribution in [2.75, 3.05) is 13.1 Å². The molecule has 1 aliphatic carbocycles. The third-order valence-corrected chi connectivity index (χ3v) is 8.43. The fourth-order valence-electron chi connectivity index (χ4n) is 5.33. The molecule has 0 spiro atoms. The van der Waals surface area contributed by atoms with E-state index in [0.717, 1.165) is 12.1 Å². The highest BCUT2D eigenvalue weighted by molar-refractivity contribution is 7.80. The number of allylic oxidation sites excluding steroid dienone is 1. The van der Waals surface area contributed by atoms with E-state index < -0.39 is 9.96 Å². The zero-order chi connectivity index (χ0) is 25.0. The number of aromatic nitrogens is 1. The summed E-state index contributed by atoms with van der Waals surface area (Å²) < 4.78 is 0.122. The molecular weight excluding hydrogens is 562 g/mol. The van der Waals surface area contributed by atoms with Gasteiger partial charge in [0.1, 0.15) is 10.7 Å². The molecule has 3 aliphatic rings. The normalized spacial score (nSPS) is 27.8. The Bertz CT molecular complexity index is 1080. The minimum absolute atomic E-state index is 0.0203. The summed E-state index contributed by atoms with van der Waals surface area (Å²) in [5, 5.41) is 6.22.